The predicted molar refractivity (Wildman–Crippen MR) is 80.3 cm³/mol. The van der Waals surface area contributed by atoms with E-state index in [0.29, 0.717) is 33.1 Å². The Bertz CT molecular complexity index is 551. The van der Waals surface area contributed by atoms with E-state index < -0.39 is 12.1 Å². The number of fused-ring (bicyclic) bond motifs is 2. The number of amides is 3. The zero-order valence-electron chi connectivity index (χ0n) is 13.2. The van der Waals surface area contributed by atoms with Gasteiger partial charge in [0.15, 0.2) is 0 Å². The first-order chi connectivity index (χ1) is 10.9. The van der Waals surface area contributed by atoms with Gasteiger partial charge in [0, 0.05) is 0 Å². The Morgan fingerprint density at radius 1 is 1.43 bits per heavy atom. The van der Waals surface area contributed by atoms with Crippen molar-refractivity contribution in [3.63, 3.8) is 0 Å². The molecule has 124 valence electrons. The molecule has 0 aromatic heterocycles. The van der Waals surface area contributed by atoms with Crippen LogP contribution in [-0.2, 0) is 14.3 Å². The van der Waals surface area contributed by atoms with E-state index in [9.17, 15) is 14.4 Å². The Balaban J connectivity index is 1.53. The quantitative estimate of drug-likeness (QED) is 0.665. The molecule has 2 N–H and O–H groups in total. The molecule has 0 aromatic rings. The van der Waals surface area contributed by atoms with Crippen LogP contribution in [0.1, 0.15) is 39.0 Å². The first-order valence-electron chi connectivity index (χ1n) is 7.98. The number of rotatable bonds is 7. The summed E-state index contributed by atoms with van der Waals surface area (Å²) >= 11 is 0. The zero-order valence-corrected chi connectivity index (χ0v) is 13.2. The van der Waals surface area contributed by atoms with Crippen LogP contribution in [0, 0.1) is 10.7 Å². The second kappa shape index (κ2) is 5.94. The molecule has 1 saturated carbocycles. The molecule has 3 aliphatic rings. The molecular weight excluding hydrogens is 299 g/mol. The third-order valence-electron chi connectivity index (χ3n) is 4.98. The summed E-state index contributed by atoms with van der Waals surface area (Å²) in [4.78, 5) is 37.9. The first kappa shape index (κ1) is 16.0. The fourth-order valence-electron chi connectivity index (χ4n) is 3.33. The van der Waals surface area contributed by atoms with Crippen molar-refractivity contribution in [1.29, 1.82) is 5.31 Å². The van der Waals surface area contributed by atoms with Crippen molar-refractivity contribution in [2.45, 2.75) is 51.1 Å². The van der Waals surface area contributed by atoms with Crippen molar-refractivity contribution in [3.05, 3.63) is 0 Å². The van der Waals surface area contributed by atoms with E-state index in [1.165, 1.54) is 4.90 Å². The second-order valence-electron chi connectivity index (χ2n) is 6.97. The molecule has 2 aliphatic heterocycles. The van der Waals surface area contributed by atoms with E-state index in [0.717, 1.165) is 17.9 Å². The van der Waals surface area contributed by atoms with Crippen LogP contribution in [-0.4, -0.2) is 60.1 Å². The monoisotopic (exact) mass is 320 g/mol. The molecule has 1 aliphatic carbocycles. The van der Waals surface area contributed by atoms with Gasteiger partial charge in [0.2, 0.25) is 0 Å². The number of nitrogens with one attached hydrogen (secondary N) is 2. The number of hydroxylamine groups is 2. The molecule has 2 saturated heterocycles. The number of urea groups is 1. The molecule has 3 fully saturated rings. The van der Waals surface area contributed by atoms with Crippen molar-refractivity contribution in [1.82, 2.24) is 15.3 Å². The zero-order chi connectivity index (χ0) is 16.6. The molecule has 2 atom stereocenters. The van der Waals surface area contributed by atoms with Gasteiger partial charge in [0.1, 0.15) is 0 Å². The van der Waals surface area contributed by atoms with E-state index in [2.05, 4.69) is 12.2 Å². The number of carbonyl (C=O) groups is 3. The topological polar surface area (TPSA) is 103 Å². The third kappa shape index (κ3) is 3.23. The molecule has 9 heteroatoms. The van der Waals surface area contributed by atoms with Crippen LogP contribution in [0.25, 0.3) is 0 Å². The summed E-state index contributed by atoms with van der Waals surface area (Å²) in [6.45, 7) is 2.52. The molecule has 3 amide bonds. The minimum absolute atomic E-state index is 0.0249. The summed E-state index contributed by atoms with van der Waals surface area (Å²) < 4.78 is 4.92. The number of hydrogen-bond acceptors (Lipinski definition) is 5. The number of piperidine rings is 1. The fraction of sp³-hybridized carbons (Fsp3) is 0.786. The molecular formula is C14H21BN4O4. The summed E-state index contributed by atoms with van der Waals surface area (Å²) in [5.74, 6) is -0.253. The standard InChI is InChI=1S/C14H21BN4O4/c1-14(4-5-14)6-10(20)7-17-12(21)11-3-2-9-8-18(11)13(22)19(9)23-15-16/h9,11,16H,2-8H2,1H3,(H,17,21)/t9-,11+/m1/s1. The first-order valence-corrected chi connectivity index (χ1v) is 7.98. The van der Waals surface area contributed by atoms with Crippen LogP contribution in [0.3, 0.4) is 0 Å². The summed E-state index contributed by atoms with van der Waals surface area (Å²) in [6, 6.07) is -1.08. The van der Waals surface area contributed by atoms with E-state index in [4.69, 9.17) is 10.1 Å². The van der Waals surface area contributed by atoms with Crippen molar-refractivity contribution in [3.8, 4) is 0 Å². The SMILES string of the molecule is CC1(CC(=O)CNC(=O)[C@@H]2CC[C@@H]3CN2C(=O)N3OB=N)CC1. The number of Topliss-reactive ketones (excluding diaryl/α,β-unsaturated/α-hetero) is 1. The van der Waals surface area contributed by atoms with Crippen LogP contribution >= 0.6 is 0 Å². The maximum atomic E-state index is 12.3. The Kier molecular flexibility index (Phi) is 4.12. The third-order valence-corrected chi connectivity index (χ3v) is 4.98. The van der Waals surface area contributed by atoms with Crippen LogP contribution in [0.5, 0.6) is 0 Å². The average Bonchev–Trinajstić information content (AvgIpc) is 3.20. The van der Waals surface area contributed by atoms with Gasteiger partial charge in [0.05, 0.1) is 0 Å². The van der Waals surface area contributed by atoms with Gasteiger partial charge >= 0.3 is 134 Å². The van der Waals surface area contributed by atoms with Crippen LogP contribution in [0.4, 0.5) is 4.79 Å². The molecule has 0 spiro atoms. The summed E-state index contributed by atoms with van der Waals surface area (Å²) in [5, 5.41) is 10.8. The second-order valence-corrected chi connectivity index (χ2v) is 6.97. The molecule has 2 bridgehead atoms. The molecule has 2 heterocycles. The van der Waals surface area contributed by atoms with Crippen molar-refractivity contribution >= 4 is 25.0 Å². The van der Waals surface area contributed by atoms with Gasteiger partial charge in [-0.15, -0.1) is 0 Å². The number of ketones is 1. The van der Waals surface area contributed by atoms with Gasteiger partial charge in [-0.2, -0.15) is 0 Å². The van der Waals surface area contributed by atoms with Crippen molar-refractivity contribution in [2.75, 3.05) is 13.1 Å². The van der Waals surface area contributed by atoms with Gasteiger partial charge in [-0.1, -0.05) is 0 Å². The van der Waals surface area contributed by atoms with Gasteiger partial charge in [-0.25, -0.2) is 0 Å². The van der Waals surface area contributed by atoms with Crippen molar-refractivity contribution in [2.24, 2.45) is 5.41 Å². The molecule has 0 radical (unpaired) electrons. The van der Waals surface area contributed by atoms with Gasteiger partial charge in [-0.3, -0.25) is 0 Å². The summed E-state index contributed by atoms with van der Waals surface area (Å²) in [5.41, 5.74) is 0.134. The molecule has 0 unspecified atom stereocenters. The van der Waals surface area contributed by atoms with E-state index in [1.54, 1.807) is 0 Å². The number of carbonyl (C=O) groups excluding carboxylic acids is 3. The van der Waals surface area contributed by atoms with Crippen molar-refractivity contribution < 1.29 is 19.1 Å². The van der Waals surface area contributed by atoms with Gasteiger partial charge in [0.25, 0.3) is 0 Å². The molecule has 0 aromatic carbocycles. The number of nitrogens with zero attached hydrogens (tertiary/aromatic N) is 2. The normalized spacial score (nSPS) is 27.4. The Morgan fingerprint density at radius 2 is 2.17 bits per heavy atom. The van der Waals surface area contributed by atoms with Gasteiger partial charge < -0.3 is 0 Å². The summed E-state index contributed by atoms with van der Waals surface area (Å²) in [7, 11) is 0.714. The molecule has 3 rings (SSSR count). The van der Waals surface area contributed by atoms with Crippen LogP contribution in [0.15, 0.2) is 0 Å². The Morgan fingerprint density at radius 3 is 2.83 bits per heavy atom. The summed E-state index contributed by atoms with van der Waals surface area (Å²) in [6.07, 6.45) is 3.82. The van der Waals surface area contributed by atoms with E-state index in [-0.39, 0.29) is 29.7 Å². The average molecular weight is 320 g/mol. The number of hydrogen-bond donors (Lipinski definition) is 2. The predicted octanol–water partition coefficient (Wildman–Crippen LogP) is 0.444. The Labute approximate surface area is 135 Å². The van der Waals surface area contributed by atoms with Gasteiger partial charge in [-0.05, 0) is 0 Å². The van der Waals surface area contributed by atoms with E-state index >= 15 is 0 Å². The minimum atomic E-state index is -0.567. The van der Waals surface area contributed by atoms with Crippen LogP contribution in [0.2, 0.25) is 0 Å². The van der Waals surface area contributed by atoms with E-state index in [1.807, 2.05) is 0 Å². The van der Waals surface area contributed by atoms with Crippen LogP contribution < -0.4 is 5.32 Å². The molecule has 8 nitrogen and oxygen atoms in total. The molecule has 23 heavy (non-hydrogen) atoms. The fourth-order valence-corrected chi connectivity index (χ4v) is 3.33. The maximum absolute atomic E-state index is 12.3. The Hall–Kier alpha value is -1.93.